The van der Waals surface area contributed by atoms with Gasteiger partial charge < -0.3 is 9.26 Å². The molecule has 0 aromatic heterocycles. The fourth-order valence-corrected chi connectivity index (χ4v) is 1.31. The lowest BCUT2D eigenvalue weighted by molar-refractivity contribution is -0.145. The van der Waals surface area contributed by atoms with Crippen LogP contribution in [0, 0.1) is 0 Å². The molecule has 0 spiro atoms. The Balaban J connectivity index is 3.01. The van der Waals surface area contributed by atoms with E-state index in [2.05, 4.69) is 11.4 Å². The molecule has 14 heavy (non-hydrogen) atoms. The smallest absolute Gasteiger partial charge is 0.332 e. The molecule has 84 valence electrons. The zero-order chi connectivity index (χ0) is 10.6. The molecular weight excluding hydrogens is 199 g/mol. The highest BCUT2D eigenvalue weighted by Crippen LogP contribution is 2.04. The van der Waals surface area contributed by atoms with Crippen LogP contribution < -0.4 is 0 Å². The SMILES string of the molecule is CCCCCCCCOC(=O)COP. The number of hydrogen-bond donors (Lipinski definition) is 0. The van der Waals surface area contributed by atoms with E-state index in [1.165, 1.54) is 25.7 Å². The molecule has 0 N–H and O–H groups in total. The number of rotatable bonds is 9. The molecule has 0 fully saturated rings. The van der Waals surface area contributed by atoms with E-state index < -0.39 is 0 Å². The highest BCUT2D eigenvalue weighted by Gasteiger charge is 1.99. The Morgan fingerprint density at radius 2 is 1.79 bits per heavy atom. The van der Waals surface area contributed by atoms with Gasteiger partial charge in [0.15, 0.2) is 0 Å². The molecule has 0 radical (unpaired) electrons. The fraction of sp³-hybridized carbons (Fsp3) is 0.900. The lowest BCUT2D eigenvalue weighted by atomic mass is 10.1. The first kappa shape index (κ1) is 13.9. The van der Waals surface area contributed by atoms with Crippen LogP contribution in [-0.4, -0.2) is 19.2 Å². The molecule has 0 aliphatic heterocycles. The highest BCUT2D eigenvalue weighted by molar-refractivity contribution is 7.09. The molecule has 0 aliphatic rings. The molecule has 0 saturated heterocycles. The lowest BCUT2D eigenvalue weighted by Gasteiger charge is -2.03. The van der Waals surface area contributed by atoms with Gasteiger partial charge in [0.2, 0.25) is 0 Å². The van der Waals surface area contributed by atoms with Gasteiger partial charge in [-0.2, -0.15) is 0 Å². The average molecular weight is 220 g/mol. The molecule has 0 heterocycles. The van der Waals surface area contributed by atoms with Crippen LogP contribution in [0.2, 0.25) is 0 Å². The van der Waals surface area contributed by atoms with E-state index in [1.54, 1.807) is 0 Å². The summed E-state index contributed by atoms with van der Waals surface area (Å²) in [5.74, 6) is -0.284. The Labute approximate surface area is 88.8 Å². The third-order valence-corrected chi connectivity index (χ3v) is 2.13. The van der Waals surface area contributed by atoms with Crippen molar-refractivity contribution in [3.63, 3.8) is 0 Å². The van der Waals surface area contributed by atoms with E-state index in [9.17, 15) is 4.79 Å². The monoisotopic (exact) mass is 220 g/mol. The minimum absolute atomic E-state index is 0.0283. The maximum Gasteiger partial charge on any atom is 0.332 e. The number of hydrogen-bond acceptors (Lipinski definition) is 3. The van der Waals surface area contributed by atoms with Gasteiger partial charge in [-0.25, -0.2) is 4.79 Å². The van der Waals surface area contributed by atoms with Crippen LogP contribution in [0.15, 0.2) is 0 Å². The molecule has 0 bridgehead atoms. The highest BCUT2D eigenvalue weighted by atomic mass is 31.0. The molecule has 0 rings (SSSR count). The average Bonchev–Trinajstić information content (AvgIpc) is 2.17. The second-order valence-electron chi connectivity index (χ2n) is 3.30. The summed E-state index contributed by atoms with van der Waals surface area (Å²) in [5.41, 5.74) is 0. The van der Waals surface area contributed by atoms with Crippen LogP contribution in [0.4, 0.5) is 0 Å². The summed E-state index contributed by atoms with van der Waals surface area (Å²) in [7, 11) is 2.03. The number of unbranched alkanes of at least 4 members (excludes halogenated alkanes) is 5. The van der Waals surface area contributed by atoms with E-state index >= 15 is 0 Å². The molecule has 1 atom stereocenters. The van der Waals surface area contributed by atoms with Gasteiger partial charge in [-0.3, -0.25) is 0 Å². The van der Waals surface area contributed by atoms with Gasteiger partial charge in [-0.1, -0.05) is 39.0 Å². The normalized spacial score (nSPS) is 10.1. The van der Waals surface area contributed by atoms with Gasteiger partial charge >= 0.3 is 5.97 Å². The second kappa shape index (κ2) is 10.9. The van der Waals surface area contributed by atoms with Crippen molar-refractivity contribution in [2.24, 2.45) is 0 Å². The molecule has 0 aromatic carbocycles. The first-order chi connectivity index (χ1) is 6.81. The van der Waals surface area contributed by atoms with Gasteiger partial charge in [0, 0.05) is 9.47 Å². The predicted molar refractivity (Wildman–Crippen MR) is 60.0 cm³/mol. The molecule has 0 aliphatic carbocycles. The Hall–Kier alpha value is -0.140. The third kappa shape index (κ3) is 9.94. The van der Waals surface area contributed by atoms with Crippen molar-refractivity contribution >= 4 is 15.4 Å². The van der Waals surface area contributed by atoms with Crippen LogP contribution in [0.5, 0.6) is 0 Å². The number of ether oxygens (including phenoxy) is 1. The summed E-state index contributed by atoms with van der Waals surface area (Å²) in [6.45, 7) is 2.75. The van der Waals surface area contributed by atoms with Crippen molar-refractivity contribution in [1.82, 2.24) is 0 Å². The van der Waals surface area contributed by atoms with E-state index in [4.69, 9.17) is 4.74 Å². The van der Waals surface area contributed by atoms with Gasteiger partial charge in [0.25, 0.3) is 0 Å². The molecular formula is C10H21O3P. The van der Waals surface area contributed by atoms with Crippen LogP contribution in [0.3, 0.4) is 0 Å². The Morgan fingerprint density at radius 1 is 1.14 bits per heavy atom. The summed E-state index contributed by atoms with van der Waals surface area (Å²) >= 11 is 0. The summed E-state index contributed by atoms with van der Waals surface area (Å²) in [6.07, 6.45) is 7.22. The fourth-order valence-electron chi connectivity index (χ4n) is 1.18. The van der Waals surface area contributed by atoms with Gasteiger partial charge in [-0.15, -0.1) is 0 Å². The zero-order valence-electron chi connectivity index (χ0n) is 8.96. The summed E-state index contributed by atoms with van der Waals surface area (Å²) in [4.78, 5) is 10.8. The van der Waals surface area contributed by atoms with Gasteiger partial charge in [-0.05, 0) is 6.42 Å². The van der Waals surface area contributed by atoms with E-state index in [-0.39, 0.29) is 12.6 Å². The van der Waals surface area contributed by atoms with Crippen molar-refractivity contribution in [1.29, 1.82) is 0 Å². The molecule has 3 nitrogen and oxygen atoms in total. The van der Waals surface area contributed by atoms with Gasteiger partial charge in [0.05, 0.1) is 6.61 Å². The first-order valence-electron chi connectivity index (χ1n) is 5.28. The van der Waals surface area contributed by atoms with Crippen molar-refractivity contribution in [2.75, 3.05) is 13.2 Å². The standard InChI is InChI=1S/C10H21O3P/c1-2-3-4-5-6-7-8-12-10(11)9-13-14/h2-9,14H2,1H3. The Morgan fingerprint density at radius 3 is 2.43 bits per heavy atom. The van der Waals surface area contributed by atoms with Crippen molar-refractivity contribution in [2.45, 2.75) is 45.4 Å². The summed E-state index contributed by atoms with van der Waals surface area (Å²) in [6, 6.07) is 0. The molecule has 1 unspecified atom stereocenters. The van der Waals surface area contributed by atoms with Crippen molar-refractivity contribution in [3.05, 3.63) is 0 Å². The number of carbonyl (C=O) groups excluding carboxylic acids is 1. The minimum Gasteiger partial charge on any atom is -0.464 e. The zero-order valence-corrected chi connectivity index (χ0v) is 10.1. The summed E-state index contributed by atoms with van der Waals surface area (Å²) < 4.78 is 9.47. The summed E-state index contributed by atoms with van der Waals surface area (Å²) in [5, 5.41) is 0. The predicted octanol–water partition coefficient (Wildman–Crippen LogP) is 2.70. The quantitative estimate of drug-likeness (QED) is 0.340. The van der Waals surface area contributed by atoms with Crippen molar-refractivity contribution in [3.8, 4) is 0 Å². The Kier molecular flexibility index (Phi) is 10.8. The maximum atomic E-state index is 10.8. The molecule has 4 heteroatoms. The first-order valence-corrected chi connectivity index (χ1v) is 5.75. The molecule has 0 aromatic rings. The second-order valence-corrected chi connectivity index (χ2v) is 3.63. The third-order valence-electron chi connectivity index (χ3n) is 1.96. The number of esters is 1. The van der Waals surface area contributed by atoms with Crippen LogP contribution in [0.25, 0.3) is 0 Å². The van der Waals surface area contributed by atoms with E-state index in [1.807, 2.05) is 9.47 Å². The van der Waals surface area contributed by atoms with E-state index in [0.29, 0.717) is 6.61 Å². The van der Waals surface area contributed by atoms with Crippen LogP contribution >= 0.6 is 9.47 Å². The molecule has 0 saturated carbocycles. The maximum absolute atomic E-state index is 10.8. The molecule has 0 amide bonds. The van der Waals surface area contributed by atoms with Crippen LogP contribution in [-0.2, 0) is 14.1 Å². The van der Waals surface area contributed by atoms with E-state index in [0.717, 1.165) is 12.8 Å². The van der Waals surface area contributed by atoms with Crippen LogP contribution in [0.1, 0.15) is 45.4 Å². The lowest BCUT2D eigenvalue weighted by Crippen LogP contribution is -2.10. The van der Waals surface area contributed by atoms with Gasteiger partial charge in [0.1, 0.15) is 6.61 Å². The Bertz CT molecular complexity index is 139. The minimum atomic E-state index is -0.284. The van der Waals surface area contributed by atoms with Crippen molar-refractivity contribution < 1.29 is 14.1 Å². The topological polar surface area (TPSA) is 35.5 Å². The number of carbonyl (C=O) groups is 1. The largest absolute Gasteiger partial charge is 0.464 e.